The lowest BCUT2D eigenvalue weighted by atomic mass is 10.2. The van der Waals surface area contributed by atoms with Gasteiger partial charge < -0.3 is 5.32 Å². The molecule has 146 valence electrons. The minimum Gasteiger partial charge on any atom is -0.302 e. The van der Waals surface area contributed by atoms with E-state index < -0.39 is 9.84 Å². The highest BCUT2D eigenvalue weighted by molar-refractivity contribution is 9.10. The molecule has 0 spiro atoms. The number of hydrogen-bond donors (Lipinski definition) is 1. The summed E-state index contributed by atoms with van der Waals surface area (Å²) >= 11 is 10.5. The predicted molar refractivity (Wildman–Crippen MR) is 117 cm³/mol. The number of nitrogens with zero attached hydrogens (tertiary/aromatic N) is 1. The van der Waals surface area contributed by atoms with E-state index in [-0.39, 0.29) is 29.4 Å². The van der Waals surface area contributed by atoms with Crippen LogP contribution in [0, 0.1) is 0 Å². The Labute approximate surface area is 180 Å². The van der Waals surface area contributed by atoms with Crippen LogP contribution in [0.4, 0.5) is 5.13 Å². The van der Waals surface area contributed by atoms with Gasteiger partial charge in [-0.05, 0) is 42.8 Å². The van der Waals surface area contributed by atoms with Crippen molar-refractivity contribution < 1.29 is 13.2 Å². The Kier molecular flexibility index (Phi) is 6.87. The molecule has 1 amide bonds. The number of sulfone groups is 1. The number of amides is 1. The average Bonchev–Trinajstić information content (AvgIpc) is 3.11. The van der Waals surface area contributed by atoms with Crippen LogP contribution in [0.5, 0.6) is 0 Å². The maximum Gasteiger partial charge on any atom is 0.226 e. The Morgan fingerprint density at radius 2 is 1.79 bits per heavy atom. The van der Waals surface area contributed by atoms with Gasteiger partial charge in [-0.3, -0.25) is 4.79 Å². The lowest BCUT2D eigenvalue weighted by Gasteiger charge is -2.05. The topological polar surface area (TPSA) is 76.1 Å². The van der Waals surface area contributed by atoms with Crippen LogP contribution in [0.1, 0.15) is 12.8 Å². The summed E-state index contributed by atoms with van der Waals surface area (Å²) in [4.78, 5) is 16.7. The number of anilines is 1. The standard InChI is InChI=1S/C19H16BrClN2O3S2/c20-14-5-3-13(4-6-14)17-12-27-19(22-17)23-18(24)2-1-11-28(25,26)16-9-7-15(21)8-10-16/h3-10,12H,1-2,11H2,(H,22,23,24). The Bertz CT molecular complexity index is 1070. The number of carbonyl (C=O) groups excluding carboxylic acids is 1. The summed E-state index contributed by atoms with van der Waals surface area (Å²) in [6.45, 7) is 0. The van der Waals surface area contributed by atoms with Crippen LogP contribution in [0.2, 0.25) is 5.02 Å². The van der Waals surface area contributed by atoms with E-state index in [1.165, 1.54) is 35.6 Å². The number of benzene rings is 2. The van der Waals surface area contributed by atoms with Gasteiger partial charge in [-0.1, -0.05) is 39.7 Å². The van der Waals surface area contributed by atoms with Crippen LogP contribution in [0.15, 0.2) is 63.3 Å². The normalized spacial score (nSPS) is 11.4. The van der Waals surface area contributed by atoms with Crippen molar-refractivity contribution in [3.8, 4) is 11.3 Å². The number of hydrogen-bond acceptors (Lipinski definition) is 5. The van der Waals surface area contributed by atoms with Gasteiger partial charge in [-0.2, -0.15) is 0 Å². The molecule has 0 atom stereocenters. The summed E-state index contributed by atoms with van der Waals surface area (Å²) in [7, 11) is -3.44. The zero-order chi connectivity index (χ0) is 20.1. The molecule has 0 bridgehead atoms. The molecule has 1 N–H and O–H groups in total. The van der Waals surface area contributed by atoms with E-state index in [9.17, 15) is 13.2 Å². The minimum atomic E-state index is -3.44. The zero-order valence-corrected chi connectivity index (χ0v) is 18.5. The van der Waals surface area contributed by atoms with Crippen molar-refractivity contribution in [2.45, 2.75) is 17.7 Å². The first-order chi connectivity index (χ1) is 13.3. The molecule has 1 heterocycles. The van der Waals surface area contributed by atoms with Gasteiger partial charge >= 0.3 is 0 Å². The lowest BCUT2D eigenvalue weighted by Crippen LogP contribution is -2.14. The summed E-state index contributed by atoms with van der Waals surface area (Å²) in [6.07, 6.45) is 0.321. The maximum absolute atomic E-state index is 12.3. The largest absolute Gasteiger partial charge is 0.302 e. The molecule has 0 radical (unpaired) electrons. The van der Waals surface area contributed by atoms with Gasteiger partial charge in [0, 0.05) is 26.9 Å². The number of thiazole rings is 1. The molecule has 0 saturated heterocycles. The van der Waals surface area contributed by atoms with Gasteiger partial charge in [0.25, 0.3) is 0 Å². The molecule has 0 aliphatic rings. The van der Waals surface area contributed by atoms with Crippen molar-refractivity contribution in [3.63, 3.8) is 0 Å². The van der Waals surface area contributed by atoms with Crippen LogP contribution in [0.25, 0.3) is 11.3 Å². The highest BCUT2D eigenvalue weighted by Crippen LogP contribution is 2.26. The van der Waals surface area contributed by atoms with Crippen molar-refractivity contribution in [3.05, 3.63) is 63.4 Å². The van der Waals surface area contributed by atoms with E-state index in [2.05, 4.69) is 26.2 Å². The number of nitrogens with one attached hydrogen (secondary N) is 1. The molecule has 2 aromatic carbocycles. The summed E-state index contributed by atoms with van der Waals surface area (Å²) in [5.74, 6) is -0.368. The van der Waals surface area contributed by atoms with Crippen molar-refractivity contribution >= 4 is 59.7 Å². The lowest BCUT2D eigenvalue weighted by molar-refractivity contribution is -0.116. The first-order valence-corrected chi connectivity index (χ1v) is 12.0. The molecule has 28 heavy (non-hydrogen) atoms. The molecule has 0 unspecified atom stereocenters. The monoisotopic (exact) mass is 498 g/mol. The van der Waals surface area contributed by atoms with E-state index in [0.29, 0.717) is 10.2 Å². The quantitative estimate of drug-likeness (QED) is 0.471. The van der Waals surface area contributed by atoms with Crippen molar-refractivity contribution in [1.82, 2.24) is 4.98 Å². The molecular formula is C19H16BrClN2O3S2. The molecule has 5 nitrogen and oxygen atoms in total. The van der Waals surface area contributed by atoms with Gasteiger partial charge in [0.05, 0.1) is 16.3 Å². The van der Waals surface area contributed by atoms with E-state index >= 15 is 0 Å². The molecule has 9 heteroatoms. The second kappa shape index (κ2) is 9.17. The van der Waals surface area contributed by atoms with E-state index in [0.717, 1.165) is 15.7 Å². The van der Waals surface area contributed by atoms with Crippen molar-refractivity contribution in [2.24, 2.45) is 0 Å². The van der Waals surface area contributed by atoms with E-state index in [4.69, 9.17) is 11.6 Å². The van der Waals surface area contributed by atoms with E-state index in [1.54, 1.807) is 0 Å². The molecular weight excluding hydrogens is 484 g/mol. The third-order valence-corrected chi connectivity index (χ3v) is 7.24. The van der Waals surface area contributed by atoms with Crippen LogP contribution in [0.3, 0.4) is 0 Å². The van der Waals surface area contributed by atoms with Gasteiger partial charge in [-0.25, -0.2) is 13.4 Å². The summed E-state index contributed by atoms with van der Waals surface area (Å²) in [6, 6.07) is 13.7. The Morgan fingerprint density at radius 3 is 2.46 bits per heavy atom. The first-order valence-electron chi connectivity index (χ1n) is 8.33. The van der Waals surface area contributed by atoms with Crippen LogP contribution >= 0.6 is 38.9 Å². The van der Waals surface area contributed by atoms with Gasteiger partial charge in [0.15, 0.2) is 15.0 Å². The SMILES string of the molecule is O=C(CCCS(=O)(=O)c1ccc(Cl)cc1)Nc1nc(-c2ccc(Br)cc2)cs1. The van der Waals surface area contributed by atoms with E-state index in [1.807, 2.05) is 29.6 Å². The highest BCUT2D eigenvalue weighted by atomic mass is 79.9. The third kappa shape index (κ3) is 5.64. The molecule has 0 aliphatic carbocycles. The molecule has 0 saturated carbocycles. The minimum absolute atomic E-state index is 0.0972. The third-order valence-electron chi connectivity index (χ3n) is 3.88. The van der Waals surface area contributed by atoms with Crippen molar-refractivity contribution in [2.75, 3.05) is 11.1 Å². The molecule has 1 aromatic heterocycles. The Hall–Kier alpha value is -1.74. The van der Waals surface area contributed by atoms with Gasteiger partial charge in [0.1, 0.15) is 0 Å². The van der Waals surface area contributed by atoms with Crippen molar-refractivity contribution in [1.29, 1.82) is 0 Å². The molecule has 0 fully saturated rings. The number of aromatic nitrogens is 1. The first kappa shape index (κ1) is 21.0. The Morgan fingerprint density at radius 1 is 1.11 bits per heavy atom. The fourth-order valence-corrected chi connectivity index (χ4v) is 4.89. The van der Waals surface area contributed by atoms with Crippen LogP contribution in [-0.2, 0) is 14.6 Å². The Balaban J connectivity index is 1.52. The molecule has 3 rings (SSSR count). The maximum atomic E-state index is 12.3. The number of carbonyl (C=O) groups is 1. The fourth-order valence-electron chi connectivity index (χ4n) is 2.45. The second-order valence-electron chi connectivity index (χ2n) is 5.97. The zero-order valence-electron chi connectivity index (χ0n) is 14.6. The summed E-state index contributed by atoms with van der Waals surface area (Å²) < 4.78 is 25.5. The number of halogens is 2. The fraction of sp³-hybridized carbons (Fsp3) is 0.158. The van der Waals surface area contributed by atoms with Crippen LogP contribution < -0.4 is 5.32 Å². The van der Waals surface area contributed by atoms with Gasteiger partial charge in [0.2, 0.25) is 5.91 Å². The molecule has 3 aromatic rings. The number of rotatable bonds is 7. The summed E-state index contributed by atoms with van der Waals surface area (Å²) in [5, 5.41) is 5.55. The van der Waals surface area contributed by atoms with Gasteiger partial charge in [-0.15, -0.1) is 11.3 Å². The average molecular weight is 500 g/mol. The molecule has 0 aliphatic heterocycles. The smallest absolute Gasteiger partial charge is 0.226 e. The predicted octanol–water partition coefficient (Wildman–Crippen LogP) is 5.42. The highest BCUT2D eigenvalue weighted by Gasteiger charge is 2.15. The van der Waals surface area contributed by atoms with Crippen LogP contribution in [-0.4, -0.2) is 25.1 Å². The second-order valence-corrected chi connectivity index (χ2v) is 10.3. The summed E-state index contributed by atoms with van der Waals surface area (Å²) in [5.41, 5.74) is 1.73.